The van der Waals surface area contributed by atoms with Crippen molar-refractivity contribution in [1.29, 1.82) is 0 Å². The minimum absolute atomic E-state index is 0.0319. The van der Waals surface area contributed by atoms with E-state index in [1.807, 2.05) is 0 Å². The normalized spacial score (nSPS) is 13.4. The predicted molar refractivity (Wildman–Crippen MR) is 117 cm³/mol. The van der Waals surface area contributed by atoms with Gasteiger partial charge in [-0.1, -0.05) is 18.2 Å². The number of imidazole rings is 1. The third-order valence-electron chi connectivity index (χ3n) is 5.55. The highest BCUT2D eigenvalue weighted by Gasteiger charge is 2.30. The number of methoxy groups -OCH3 is 1. The van der Waals surface area contributed by atoms with Gasteiger partial charge in [-0.3, -0.25) is 19.5 Å². The van der Waals surface area contributed by atoms with Crippen molar-refractivity contribution in [3.8, 4) is 11.4 Å². The minimum atomic E-state index is -0.462. The summed E-state index contributed by atoms with van der Waals surface area (Å²) in [7, 11) is 1.54. The van der Waals surface area contributed by atoms with Gasteiger partial charge >= 0.3 is 5.69 Å². The highest BCUT2D eigenvalue weighted by molar-refractivity contribution is 5.72. The van der Waals surface area contributed by atoms with E-state index in [1.165, 1.54) is 34.7 Å². The summed E-state index contributed by atoms with van der Waals surface area (Å²) < 4.78 is 9.63. The van der Waals surface area contributed by atoms with E-state index in [1.54, 1.807) is 41.0 Å². The van der Waals surface area contributed by atoms with Crippen molar-refractivity contribution in [3.05, 3.63) is 91.4 Å². The number of ether oxygens (including phenoxy) is 1. The molecule has 1 fully saturated rings. The number of aromatic nitrogens is 4. The number of benzene rings is 2. The molecule has 0 saturated heterocycles. The van der Waals surface area contributed by atoms with Gasteiger partial charge in [-0.25, -0.2) is 14.3 Å². The molecule has 1 aliphatic rings. The largest absolute Gasteiger partial charge is 0.497 e. The maximum atomic E-state index is 13.3. The molecule has 2 aromatic heterocycles. The molecule has 4 aromatic rings. The van der Waals surface area contributed by atoms with Gasteiger partial charge in [0.25, 0.3) is 11.2 Å². The topological polar surface area (TPSA) is 114 Å². The van der Waals surface area contributed by atoms with Gasteiger partial charge in [0.1, 0.15) is 5.75 Å². The van der Waals surface area contributed by atoms with Crippen molar-refractivity contribution in [2.24, 2.45) is 0 Å². The van der Waals surface area contributed by atoms with E-state index in [2.05, 4.69) is 4.98 Å². The van der Waals surface area contributed by atoms with Crippen LogP contribution in [0, 0.1) is 10.1 Å². The van der Waals surface area contributed by atoms with E-state index in [0.29, 0.717) is 17.0 Å². The number of rotatable bonds is 6. The van der Waals surface area contributed by atoms with Crippen LogP contribution in [0.1, 0.15) is 24.4 Å². The fraction of sp³-hybridized carbons (Fsp3) is 0.227. The Kier molecular flexibility index (Phi) is 4.62. The van der Waals surface area contributed by atoms with E-state index in [0.717, 1.165) is 12.8 Å². The van der Waals surface area contributed by atoms with Gasteiger partial charge in [0.2, 0.25) is 0 Å². The smallest absolute Gasteiger partial charge is 0.337 e. The number of hydrogen-bond donors (Lipinski definition) is 0. The van der Waals surface area contributed by atoms with Gasteiger partial charge in [0, 0.05) is 30.8 Å². The standard InChI is InChI=1S/C22H19N5O5/c1-32-18-7-3-5-16(11-18)25-20-19(21(28)26(22(25)29)15-8-9-15)24(13-23-20)12-14-4-2-6-17(10-14)27(30)31/h2-7,10-11,13,15H,8-9,12H2,1H3. The molecule has 1 aliphatic carbocycles. The van der Waals surface area contributed by atoms with Gasteiger partial charge in [-0.05, 0) is 30.5 Å². The predicted octanol–water partition coefficient (Wildman–Crippen LogP) is 2.65. The summed E-state index contributed by atoms with van der Waals surface area (Å²) in [5.74, 6) is 0.572. The average Bonchev–Trinajstić information content (AvgIpc) is 3.54. The van der Waals surface area contributed by atoms with Crippen LogP contribution < -0.4 is 16.0 Å². The molecule has 2 heterocycles. The Morgan fingerprint density at radius 2 is 1.94 bits per heavy atom. The van der Waals surface area contributed by atoms with Crippen LogP contribution in [0.4, 0.5) is 5.69 Å². The monoisotopic (exact) mass is 433 g/mol. The van der Waals surface area contributed by atoms with Crippen LogP contribution >= 0.6 is 0 Å². The molecule has 0 amide bonds. The first-order valence-electron chi connectivity index (χ1n) is 10.1. The molecule has 0 N–H and O–H groups in total. The summed E-state index contributed by atoms with van der Waals surface area (Å²) in [6.45, 7) is 0.203. The van der Waals surface area contributed by atoms with Gasteiger partial charge < -0.3 is 9.30 Å². The van der Waals surface area contributed by atoms with Crippen molar-refractivity contribution in [2.45, 2.75) is 25.4 Å². The van der Waals surface area contributed by atoms with Gasteiger partial charge in [-0.15, -0.1) is 0 Å². The van der Waals surface area contributed by atoms with Crippen LogP contribution in [0.5, 0.6) is 5.75 Å². The lowest BCUT2D eigenvalue weighted by atomic mass is 10.2. The number of hydrogen-bond acceptors (Lipinski definition) is 6. The zero-order valence-electron chi connectivity index (χ0n) is 17.2. The number of nitro benzene ring substituents is 1. The fourth-order valence-electron chi connectivity index (χ4n) is 3.88. The van der Waals surface area contributed by atoms with E-state index >= 15 is 0 Å². The van der Waals surface area contributed by atoms with Crippen molar-refractivity contribution < 1.29 is 9.66 Å². The van der Waals surface area contributed by atoms with Crippen LogP contribution in [0.2, 0.25) is 0 Å². The second-order valence-corrected chi connectivity index (χ2v) is 7.70. The Balaban J connectivity index is 1.73. The Hall–Kier alpha value is -4.21. The molecule has 0 atom stereocenters. The first kappa shape index (κ1) is 19.7. The molecule has 10 nitrogen and oxygen atoms in total. The van der Waals surface area contributed by atoms with Gasteiger partial charge in [-0.2, -0.15) is 0 Å². The maximum absolute atomic E-state index is 13.3. The first-order valence-corrected chi connectivity index (χ1v) is 10.1. The van der Waals surface area contributed by atoms with E-state index in [-0.39, 0.29) is 29.4 Å². The minimum Gasteiger partial charge on any atom is -0.497 e. The lowest BCUT2D eigenvalue weighted by Gasteiger charge is -2.13. The summed E-state index contributed by atoms with van der Waals surface area (Å²) in [4.78, 5) is 41.7. The third kappa shape index (κ3) is 3.25. The molecule has 0 spiro atoms. The molecular formula is C22H19N5O5. The Morgan fingerprint density at radius 1 is 1.16 bits per heavy atom. The molecule has 32 heavy (non-hydrogen) atoms. The second-order valence-electron chi connectivity index (χ2n) is 7.70. The SMILES string of the molecule is COc1cccc(-n2c(=O)n(C3CC3)c(=O)c3c2ncn3Cc2cccc([N+](=O)[O-])c2)c1. The van der Waals surface area contributed by atoms with Crippen LogP contribution in [-0.2, 0) is 6.54 Å². The van der Waals surface area contributed by atoms with Crippen molar-refractivity contribution in [2.75, 3.05) is 7.11 Å². The molecule has 162 valence electrons. The maximum Gasteiger partial charge on any atom is 0.337 e. The van der Waals surface area contributed by atoms with E-state index in [9.17, 15) is 19.7 Å². The summed E-state index contributed by atoms with van der Waals surface area (Å²) in [6, 6.07) is 13.1. The molecule has 0 radical (unpaired) electrons. The highest BCUT2D eigenvalue weighted by atomic mass is 16.6. The van der Waals surface area contributed by atoms with Crippen LogP contribution in [0.3, 0.4) is 0 Å². The lowest BCUT2D eigenvalue weighted by Crippen LogP contribution is -2.39. The summed E-state index contributed by atoms with van der Waals surface area (Å²) >= 11 is 0. The number of non-ortho nitro benzene ring substituents is 1. The lowest BCUT2D eigenvalue weighted by molar-refractivity contribution is -0.384. The van der Waals surface area contributed by atoms with Gasteiger partial charge in [0.15, 0.2) is 11.2 Å². The highest BCUT2D eigenvalue weighted by Crippen LogP contribution is 2.33. The Morgan fingerprint density at radius 3 is 2.66 bits per heavy atom. The van der Waals surface area contributed by atoms with Crippen LogP contribution in [-0.4, -0.2) is 30.7 Å². The van der Waals surface area contributed by atoms with Crippen LogP contribution in [0.25, 0.3) is 16.9 Å². The van der Waals surface area contributed by atoms with Crippen molar-refractivity contribution in [3.63, 3.8) is 0 Å². The van der Waals surface area contributed by atoms with E-state index < -0.39 is 16.2 Å². The van der Waals surface area contributed by atoms with E-state index in [4.69, 9.17) is 4.74 Å². The zero-order valence-corrected chi connectivity index (χ0v) is 17.2. The molecule has 2 aromatic carbocycles. The second kappa shape index (κ2) is 7.49. The first-order chi connectivity index (χ1) is 15.5. The Bertz CT molecular complexity index is 1480. The molecular weight excluding hydrogens is 414 g/mol. The summed E-state index contributed by atoms with van der Waals surface area (Å²) in [6.07, 6.45) is 3.01. The summed E-state index contributed by atoms with van der Waals surface area (Å²) in [5.41, 5.74) is 0.801. The zero-order chi connectivity index (χ0) is 22.4. The quantitative estimate of drug-likeness (QED) is 0.341. The molecule has 0 unspecified atom stereocenters. The molecule has 5 rings (SSSR count). The van der Waals surface area contributed by atoms with Gasteiger partial charge in [0.05, 0.1) is 24.0 Å². The number of nitrogens with zero attached hydrogens (tertiary/aromatic N) is 5. The average molecular weight is 433 g/mol. The number of nitro groups is 1. The Labute approximate surface area is 181 Å². The van der Waals surface area contributed by atoms with Crippen molar-refractivity contribution >= 4 is 16.9 Å². The molecule has 1 saturated carbocycles. The summed E-state index contributed by atoms with van der Waals surface area (Å²) in [5, 5.41) is 11.1. The molecule has 0 bridgehead atoms. The fourth-order valence-corrected chi connectivity index (χ4v) is 3.88. The third-order valence-corrected chi connectivity index (χ3v) is 5.55. The molecule has 0 aliphatic heterocycles. The van der Waals surface area contributed by atoms with Crippen LogP contribution in [0.15, 0.2) is 64.4 Å². The molecule has 10 heteroatoms. The van der Waals surface area contributed by atoms with Crippen molar-refractivity contribution in [1.82, 2.24) is 18.7 Å². The number of fused-ring (bicyclic) bond motifs is 1.